The zero-order valence-electron chi connectivity index (χ0n) is 11.8. The summed E-state index contributed by atoms with van der Waals surface area (Å²) in [4.78, 5) is 11.6. The maximum Gasteiger partial charge on any atom is 0.330 e. The highest BCUT2D eigenvalue weighted by Crippen LogP contribution is 2.25. The molecule has 5 nitrogen and oxygen atoms in total. The Labute approximate surface area is 127 Å². The highest BCUT2D eigenvalue weighted by Gasteiger charge is 2.01. The van der Waals surface area contributed by atoms with Crippen LogP contribution in [0, 0.1) is 0 Å². The lowest BCUT2D eigenvalue weighted by molar-refractivity contribution is -0.137. The van der Waals surface area contributed by atoms with Gasteiger partial charge in [0.1, 0.15) is 5.75 Å². The monoisotopic (exact) mass is 300 g/mol. The molecule has 0 amide bonds. The number of hydrogen-bond acceptors (Lipinski definition) is 5. The second kappa shape index (κ2) is 7.17. The van der Waals surface area contributed by atoms with Gasteiger partial charge in [-0.05, 0) is 41.5 Å². The smallest absolute Gasteiger partial charge is 0.330 e. The molecule has 2 aromatic carbocycles. The van der Waals surface area contributed by atoms with Gasteiger partial charge in [0.15, 0.2) is 11.5 Å². The maximum atomic E-state index is 11.6. The molecule has 0 aromatic heterocycles. The van der Waals surface area contributed by atoms with E-state index in [-0.39, 0.29) is 23.9 Å². The first-order chi connectivity index (χ1) is 10.5. The van der Waals surface area contributed by atoms with Crippen molar-refractivity contribution in [2.75, 3.05) is 6.61 Å². The van der Waals surface area contributed by atoms with E-state index in [0.29, 0.717) is 12.0 Å². The largest absolute Gasteiger partial charge is 0.508 e. The first-order valence-electron chi connectivity index (χ1n) is 6.69. The Kier molecular flexibility index (Phi) is 5.03. The van der Waals surface area contributed by atoms with E-state index in [9.17, 15) is 15.0 Å². The average molecular weight is 300 g/mol. The van der Waals surface area contributed by atoms with Crippen LogP contribution in [0.3, 0.4) is 0 Å². The Morgan fingerprint density at radius 2 is 1.73 bits per heavy atom. The molecule has 0 aliphatic heterocycles. The van der Waals surface area contributed by atoms with E-state index in [2.05, 4.69) is 0 Å². The first kappa shape index (κ1) is 15.4. The molecule has 2 aromatic rings. The van der Waals surface area contributed by atoms with Gasteiger partial charge in [0, 0.05) is 12.5 Å². The number of phenols is 3. The summed E-state index contributed by atoms with van der Waals surface area (Å²) < 4.78 is 5.05. The zero-order valence-corrected chi connectivity index (χ0v) is 11.8. The molecule has 0 saturated heterocycles. The molecule has 0 fully saturated rings. The van der Waals surface area contributed by atoms with Crippen LogP contribution in [0.15, 0.2) is 48.5 Å². The van der Waals surface area contributed by atoms with Crippen molar-refractivity contribution in [1.82, 2.24) is 0 Å². The fourth-order valence-electron chi connectivity index (χ4n) is 1.79. The highest BCUT2D eigenvalue weighted by atomic mass is 16.5. The van der Waals surface area contributed by atoms with Crippen LogP contribution in [0.25, 0.3) is 6.08 Å². The number of rotatable bonds is 5. The van der Waals surface area contributed by atoms with E-state index >= 15 is 0 Å². The van der Waals surface area contributed by atoms with Gasteiger partial charge in [-0.2, -0.15) is 0 Å². The molecule has 0 atom stereocenters. The van der Waals surface area contributed by atoms with Gasteiger partial charge >= 0.3 is 5.97 Å². The Morgan fingerprint density at radius 3 is 2.41 bits per heavy atom. The van der Waals surface area contributed by atoms with Crippen LogP contribution in [0.4, 0.5) is 0 Å². The minimum Gasteiger partial charge on any atom is -0.508 e. The van der Waals surface area contributed by atoms with Gasteiger partial charge < -0.3 is 20.1 Å². The number of carbonyl (C=O) groups is 1. The lowest BCUT2D eigenvalue weighted by atomic mass is 10.1. The zero-order chi connectivity index (χ0) is 15.9. The van der Waals surface area contributed by atoms with Crippen LogP contribution in [0.2, 0.25) is 0 Å². The standard InChI is InChI=1S/C17H16O5/c18-14-5-1-12(2-6-14)9-10-22-17(21)8-4-13-3-7-15(19)16(20)11-13/h1-8,11,18-20H,9-10H2/b8-4+. The molecule has 0 unspecified atom stereocenters. The van der Waals surface area contributed by atoms with Gasteiger partial charge in [0.2, 0.25) is 0 Å². The van der Waals surface area contributed by atoms with Crippen molar-refractivity contribution >= 4 is 12.0 Å². The minimum absolute atomic E-state index is 0.195. The molecule has 5 heteroatoms. The van der Waals surface area contributed by atoms with Crippen molar-refractivity contribution < 1.29 is 24.9 Å². The van der Waals surface area contributed by atoms with E-state index in [4.69, 9.17) is 9.84 Å². The van der Waals surface area contributed by atoms with Crippen LogP contribution in [-0.4, -0.2) is 27.9 Å². The number of aromatic hydroxyl groups is 3. The van der Waals surface area contributed by atoms with Crippen molar-refractivity contribution in [3.63, 3.8) is 0 Å². The molecule has 0 radical (unpaired) electrons. The number of benzene rings is 2. The number of hydrogen-bond donors (Lipinski definition) is 3. The van der Waals surface area contributed by atoms with Gasteiger partial charge in [0.25, 0.3) is 0 Å². The van der Waals surface area contributed by atoms with E-state index in [1.807, 2.05) is 0 Å². The molecule has 3 N–H and O–H groups in total. The maximum absolute atomic E-state index is 11.6. The first-order valence-corrected chi connectivity index (χ1v) is 6.69. The van der Waals surface area contributed by atoms with Crippen molar-refractivity contribution in [1.29, 1.82) is 0 Å². The van der Waals surface area contributed by atoms with Gasteiger partial charge in [-0.3, -0.25) is 0 Å². The fourth-order valence-corrected chi connectivity index (χ4v) is 1.79. The van der Waals surface area contributed by atoms with Gasteiger partial charge in [-0.25, -0.2) is 4.79 Å². The van der Waals surface area contributed by atoms with Crippen LogP contribution in [-0.2, 0) is 16.0 Å². The summed E-state index contributed by atoms with van der Waals surface area (Å²) in [6.07, 6.45) is 3.30. The lowest BCUT2D eigenvalue weighted by Gasteiger charge is -2.03. The summed E-state index contributed by atoms with van der Waals surface area (Å²) in [5.74, 6) is -0.761. The summed E-state index contributed by atoms with van der Waals surface area (Å²) in [6.45, 7) is 0.231. The average Bonchev–Trinajstić information content (AvgIpc) is 2.50. The summed E-state index contributed by atoms with van der Waals surface area (Å²) in [5, 5.41) is 27.7. The summed E-state index contributed by atoms with van der Waals surface area (Å²) >= 11 is 0. The van der Waals surface area contributed by atoms with Crippen LogP contribution in [0.5, 0.6) is 17.2 Å². The second-order valence-electron chi connectivity index (χ2n) is 4.67. The quantitative estimate of drug-likeness (QED) is 0.449. The molecule has 114 valence electrons. The van der Waals surface area contributed by atoms with E-state index in [1.165, 1.54) is 24.3 Å². The molecule has 0 aliphatic rings. The van der Waals surface area contributed by atoms with Crippen molar-refractivity contribution in [3.05, 3.63) is 59.7 Å². The third-order valence-electron chi connectivity index (χ3n) is 2.98. The molecular weight excluding hydrogens is 284 g/mol. The molecule has 0 spiro atoms. The summed E-state index contributed by atoms with van der Waals surface area (Å²) in [6, 6.07) is 10.9. The van der Waals surface area contributed by atoms with Crippen molar-refractivity contribution in [2.24, 2.45) is 0 Å². The van der Waals surface area contributed by atoms with E-state index < -0.39 is 5.97 Å². The third-order valence-corrected chi connectivity index (χ3v) is 2.98. The normalized spacial score (nSPS) is 10.7. The van der Waals surface area contributed by atoms with E-state index in [1.54, 1.807) is 30.3 Å². The van der Waals surface area contributed by atoms with Gasteiger partial charge in [-0.1, -0.05) is 18.2 Å². The summed E-state index contributed by atoms with van der Waals surface area (Å²) in [5.41, 5.74) is 1.53. The molecule has 0 bridgehead atoms. The Hall–Kier alpha value is -2.95. The van der Waals surface area contributed by atoms with Crippen LogP contribution < -0.4 is 0 Å². The third kappa shape index (κ3) is 4.56. The fraction of sp³-hybridized carbons (Fsp3) is 0.118. The highest BCUT2D eigenvalue weighted by molar-refractivity contribution is 5.87. The summed E-state index contributed by atoms with van der Waals surface area (Å²) in [7, 11) is 0. The number of esters is 1. The lowest BCUT2D eigenvalue weighted by Crippen LogP contribution is -2.04. The number of phenolic OH excluding ortho intramolecular Hbond substituents is 3. The second-order valence-corrected chi connectivity index (χ2v) is 4.67. The van der Waals surface area contributed by atoms with Crippen LogP contribution in [0.1, 0.15) is 11.1 Å². The molecule has 22 heavy (non-hydrogen) atoms. The number of ether oxygens (including phenoxy) is 1. The van der Waals surface area contributed by atoms with Crippen LogP contribution >= 0.6 is 0 Å². The Morgan fingerprint density at radius 1 is 1.00 bits per heavy atom. The van der Waals surface area contributed by atoms with Crippen molar-refractivity contribution in [2.45, 2.75) is 6.42 Å². The molecule has 2 rings (SSSR count). The topological polar surface area (TPSA) is 87.0 Å². The number of carbonyl (C=O) groups excluding carboxylic acids is 1. The molecule has 0 saturated carbocycles. The van der Waals surface area contributed by atoms with Gasteiger partial charge in [-0.15, -0.1) is 0 Å². The Bertz CT molecular complexity index is 674. The van der Waals surface area contributed by atoms with Crippen molar-refractivity contribution in [3.8, 4) is 17.2 Å². The molecule has 0 aliphatic carbocycles. The van der Waals surface area contributed by atoms with E-state index in [0.717, 1.165) is 5.56 Å². The predicted molar refractivity (Wildman–Crippen MR) is 81.6 cm³/mol. The predicted octanol–water partition coefficient (Wildman–Crippen LogP) is 2.60. The van der Waals surface area contributed by atoms with Gasteiger partial charge in [0.05, 0.1) is 6.61 Å². The molecular formula is C17H16O5. The molecule has 0 heterocycles. The SMILES string of the molecule is O=C(/C=C/c1ccc(O)c(O)c1)OCCc1ccc(O)cc1. The minimum atomic E-state index is -0.494. The Balaban J connectivity index is 1.81.